The van der Waals surface area contributed by atoms with Crippen LogP contribution >= 0.6 is 0 Å². The van der Waals surface area contributed by atoms with E-state index in [9.17, 15) is 0 Å². The lowest BCUT2D eigenvalue weighted by Gasteiger charge is -2.30. The third-order valence-corrected chi connectivity index (χ3v) is 3.93. The van der Waals surface area contributed by atoms with Gasteiger partial charge in [-0.15, -0.1) is 0 Å². The molecular formula is C16H21N3O. The zero-order valence-electron chi connectivity index (χ0n) is 11.9. The number of aromatic nitrogens is 1. The molecule has 1 aliphatic rings. The van der Waals surface area contributed by atoms with E-state index in [1.54, 1.807) is 0 Å². The predicted octanol–water partition coefficient (Wildman–Crippen LogP) is 2.53. The lowest BCUT2D eigenvalue weighted by Crippen LogP contribution is -2.43. The highest BCUT2D eigenvalue weighted by Gasteiger charge is 2.19. The molecule has 20 heavy (non-hydrogen) atoms. The first-order chi connectivity index (χ1) is 9.83. The van der Waals surface area contributed by atoms with Crippen LogP contribution in [0.5, 0.6) is 0 Å². The number of benzene rings is 1. The summed E-state index contributed by atoms with van der Waals surface area (Å²) in [6, 6.07) is 12.8. The number of hydrogen-bond acceptors (Lipinski definition) is 4. The Bertz CT molecular complexity index is 532. The Balaban J connectivity index is 1.65. The summed E-state index contributed by atoms with van der Waals surface area (Å²) in [6.07, 6.45) is 2.50. The van der Waals surface area contributed by atoms with Crippen molar-refractivity contribution in [1.29, 1.82) is 0 Å². The monoisotopic (exact) mass is 271 g/mol. The van der Waals surface area contributed by atoms with Gasteiger partial charge in [0.1, 0.15) is 5.69 Å². The smallest absolute Gasteiger partial charge is 0.151 e. The van der Waals surface area contributed by atoms with Gasteiger partial charge in [-0.2, -0.15) is 0 Å². The molecule has 1 fully saturated rings. The van der Waals surface area contributed by atoms with Crippen LogP contribution in [0.15, 0.2) is 40.9 Å². The van der Waals surface area contributed by atoms with Gasteiger partial charge in [-0.3, -0.25) is 4.90 Å². The fraction of sp³-hybridized carbons (Fsp3) is 0.438. The van der Waals surface area contributed by atoms with Gasteiger partial charge in [0.15, 0.2) is 5.76 Å². The summed E-state index contributed by atoms with van der Waals surface area (Å²) < 4.78 is 5.47. The number of piperidine rings is 1. The zero-order valence-corrected chi connectivity index (χ0v) is 11.9. The van der Waals surface area contributed by atoms with Crippen LogP contribution in [0, 0.1) is 0 Å². The molecule has 1 N–H and O–H groups in total. The van der Waals surface area contributed by atoms with Crippen molar-refractivity contribution in [2.24, 2.45) is 0 Å². The van der Waals surface area contributed by atoms with E-state index in [1.165, 1.54) is 12.8 Å². The highest BCUT2D eigenvalue weighted by Crippen LogP contribution is 2.20. The summed E-state index contributed by atoms with van der Waals surface area (Å²) in [6.45, 7) is 3.02. The number of hydrogen-bond donors (Lipinski definition) is 1. The van der Waals surface area contributed by atoms with Crippen molar-refractivity contribution in [3.05, 3.63) is 42.2 Å². The standard InChI is InChI=1S/C16H21N3O/c1-19(14-8-5-9-17-11-14)12-15-10-16(18-20-15)13-6-3-2-4-7-13/h2-4,6-7,10,14,17H,5,8-9,11-12H2,1H3. The summed E-state index contributed by atoms with van der Waals surface area (Å²) in [7, 11) is 2.16. The fourth-order valence-electron chi connectivity index (χ4n) is 2.72. The van der Waals surface area contributed by atoms with Crippen molar-refractivity contribution < 1.29 is 4.52 Å². The second-order valence-electron chi connectivity index (χ2n) is 5.46. The summed E-state index contributed by atoms with van der Waals surface area (Å²) in [5, 5.41) is 7.61. The number of likely N-dealkylation sites (N-methyl/N-ethyl adjacent to an activating group) is 1. The molecule has 0 spiro atoms. The minimum absolute atomic E-state index is 0.592. The molecule has 1 aliphatic heterocycles. The molecule has 4 heteroatoms. The van der Waals surface area contributed by atoms with Crippen LogP contribution in [-0.4, -0.2) is 36.2 Å². The Hall–Kier alpha value is -1.65. The first-order valence-electron chi connectivity index (χ1n) is 7.25. The van der Waals surface area contributed by atoms with Crippen LogP contribution in [0.25, 0.3) is 11.3 Å². The SMILES string of the molecule is CN(Cc1cc(-c2ccccc2)no1)C1CCCNC1. The van der Waals surface area contributed by atoms with Gasteiger partial charge < -0.3 is 9.84 Å². The maximum atomic E-state index is 5.47. The first-order valence-corrected chi connectivity index (χ1v) is 7.25. The quantitative estimate of drug-likeness (QED) is 0.928. The van der Waals surface area contributed by atoms with Crippen LogP contribution in [0.4, 0.5) is 0 Å². The largest absolute Gasteiger partial charge is 0.359 e. The Morgan fingerprint density at radius 2 is 2.20 bits per heavy atom. The van der Waals surface area contributed by atoms with Gasteiger partial charge in [-0.1, -0.05) is 35.5 Å². The third-order valence-electron chi connectivity index (χ3n) is 3.93. The molecule has 1 unspecified atom stereocenters. The second kappa shape index (κ2) is 6.20. The maximum absolute atomic E-state index is 5.47. The van der Waals surface area contributed by atoms with E-state index in [-0.39, 0.29) is 0 Å². The van der Waals surface area contributed by atoms with E-state index in [4.69, 9.17) is 4.52 Å². The van der Waals surface area contributed by atoms with Gasteiger partial charge >= 0.3 is 0 Å². The summed E-state index contributed by atoms with van der Waals surface area (Å²) in [5.41, 5.74) is 2.01. The fourth-order valence-corrected chi connectivity index (χ4v) is 2.72. The maximum Gasteiger partial charge on any atom is 0.151 e. The number of rotatable bonds is 4. The van der Waals surface area contributed by atoms with E-state index < -0.39 is 0 Å². The van der Waals surface area contributed by atoms with E-state index in [1.807, 2.05) is 24.3 Å². The van der Waals surface area contributed by atoms with Crippen molar-refractivity contribution in [3.8, 4) is 11.3 Å². The van der Waals surface area contributed by atoms with Gasteiger partial charge in [-0.25, -0.2) is 0 Å². The molecule has 1 atom stereocenters. The van der Waals surface area contributed by atoms with E-state index >= 15 is 0 Å². The van der Waals surface area contributed by atoms with Crippen LogP contribution in [-0.2, 0) is 6.54 Å². The molecule has 4 nitrogen and oxygen atoms in total. The molecule has 3 rings (SSSR count). The molecule has 0 amide bonds. The molecule has 0 bridgehead atoms. The molecule has 0 saturated carbocycles. The Morgan fingerprint density at radius 1 is 1.35 bits per heavy atom. The van der Waals surface area contributed by atoms with Crippen LogP contribution in [0.1, 0.15) is 18.6 Å². The van der Waals surface area contributed by atoms with Crippen LogP contribution in [0.3, 0.4) is 0 Å². The average molecular weight is 271 g/mol. The van der Waals surface area contributed by atoms with E-state index in [0.717, 1.165) is 36.7 Å². The van der Waals surface area contributed by atoms with Crippen molar-refractivity contribution in [2.75, 3.05) is 20.1 Å². The lowest BCUT2D eigenvalue weighted by atomic mass is 10.1. The van der Waals surface area contributed by atoms with Crippen LogP contribution in [0.2, 0.25) is 0 Å². The van der Waals surface area contributed by atoms with Gasteiger partial charge in [0.25, 0.3) is 0 Å². The van der Waals surface area contributed by atoms with Crippen molar-refractivity contribution >= 4 is 0 Å². The number of nitrogens with zero attached hydrogens (tertiary/aromatic N) is 2. The first kappa shape index (κ1) is 13.3. The third kappa shape index (κ3) is 3.08. The Morgan fingerprint density at radius 3 is 2.95 bits per heavy atom. The Kier molecular flexibility index (Phi) is 4.14. The molecule has 1 aromatic carbocycles. The number of nitrogens with one attached hydrogen (secondary N) is 1. The van der Waals surface area contributed by atoms with E-state index in [0.29, 0.717) is 6.04 Å². The van der Waals surface area contributed by atoms with Gasteiger partial charge in [0.2, 0.25) is 0 Å². The normalized spacial score (nSPS) is 19.4. The molecule has 106 valence electrons. The predicted molar refractivity (Wildman–Crippen MR) is 79.3 cm³/mol. The van der Waals surface area contributed by atoms with Gasteiger partial charge in [-0.05, 0) is 26.4 Å². The highest BCUT2D eigenvalue weighted by molar-refractivity contribution is 5.58. The summed E-state index contributed by atoms with van der Waals surface area (Å²) in [4.78, 5) is 2.35. The molecule has 2 aromatic rings. The van der Waals surface area contributed by atoms with Gasteiger partial charge in [0, 0.05) is 24.2 Å². The van der Waals surface area contributed by atoms with E-state index in [2.05, 4.69) is 34.6 Å². The van der Waals surface area contributed by atoms with Crippen molar-refractivity contribution in [2.45, 2.75) is 25.4 Å². The molecular weight excluding hydrogens is 250 g/mol. The summed E-state index contributed by atoms with van der Waals surface area (Å²) in [5.74, 6) is 0.928. The van der Waals surface area contributed by atoms with Gasteiger partial charge in [0.05, 0.1) is 6.54 Å². The molecule has 2 heterocycles. The topological polar surface area (TPSA) is 41.3 Å². The summed E-state index contributed by atoms with van der Waals surface area (Å²) >= 11 is 0. The minimum atomic E-state index is 0.592. The molecule has 1 saturated heterocycles. The van der Waals surface area contributed by atoms with Crippen molar-refractivity contribution in [3.63, 3.8) is 0 Å². The van der Waals surface area contributed by atoms with Crippen LogP contribution < -0.4 is 5.32 Å². The average Bonchev–Trinajstić information content (AvgIpc) is 2.97. The highest BCUT2D eigenvalue weighted by atomic mass is 16.5. The zero-order chi connectivity index (χ0) is 13.8. The second-order valence-corrected chi connectivity index (χ2v) is 5.46. The minimum Gasteiger partial charge on any atom is -0.359 e. The molecule has 0 aliphatic carbocycles. The van der Waals surface area contributed by atoms with Crippen molar-refractivity contribution in [1.82, 2.24) is 15.4 Å². The molecule has 0 radical (unpaired) electrons. The Labute approximate surface area is 119 Å². The lowest BCUT2D eigenvalue weighted by molar-refractivity contribution is 0.177. The molecule has 1 aromatic heterocycles.